The Bertz CT molecular complexity index is 598. The minimum Gasteiger partial charge on any atom is -0.325 e. The predicted octanol–water partition coefficient (Wildman–Crippen LogP) is 1.77. The Balaban J connectivity index is 1.88. The van der Waals surface area contributed by atoms with E-state index in [4.69, 9.17) is 5.73 Å². The summed E-state index contributed by atoms with van der Waals surface area (Å²) in [4.78, 5) is 11.8. The van der Waals surface area contributed by atoms with Crippen LogP contribution in [0.25, 0.3) is 0 Å². The number of carbonyl (C=O) groups is 1. The molecule has 0 unspecified atom stereocenters. The summed E-state index contributed by atoms with van der Waals surface area (Å²) in [5.74, 6) is 0.877. The van der Waals surface area contributed by atoms with Crippen LogP contribution in [0.5, 0.6) is 0 Å². The van der Waals surface area contributed by atoms with Crippen molar-refractivity contribution in [3.8, 4) is 0 Å². The maximum Gasteiger partial charge on any atom is 0.234 e. The van der Waals surface area contributed by atoms with E-state index in [9.17, 15) is 4.79 Å². The van der Waals surface area contributed by atoms with Gasteiger partial charge in [0.1, 0.15) is 5.82 Å². The van der Waals surface area contributed by atoms with Crippen molar-refractivity contribution in [2.45, 2.75) is 11.7 Å². The van der Waals surface area contributed by atoms with Crippen molar-refractivity contribution in [1.82, 2.24) is 14.8 Å². The smallest absolute Gasteiger partial charge is 0.234 e. The molecule has 0 saturated carbocycles. The van der Waals surface area contributed by atoms with Crippen LogP contribution < -0.4 is 11.1 Å². The van der Waals surface area contributed by atoms with E-state index in [1.807, 2.05) is 31.3 Å². The van der Waals surface area contributed by atoms with Crippen LogP contribution in [0, 0.1) is 0 Å². The molecule has 1 aromatic heterocycles. The number of nitrogens with zero attached hydrogens (tertiary/aromatic N) is 3. The first-order valence-corrected chi connectivity index (χ1v) is 7.64. The molecule has 1 amide bonds. The number of halogens is 1. The van der Waals surface area contributed by atoms with Crippen molar-refractivity contribution in [1.29, 1.82) is 0 Å². The second-order valence-electron chi connectivity index (χ2n) is 4.01. The average molecular weight is 356 g/mol. The van der Waals surface area contributed by atoms with Crippen molar-refractivity contribution in [2.24, 2.45) is 12.8 Å². The molecule has 0 saturated heterocycles. The van der Waals surface area contributed by atoms with Gasteiger partial charge in [0, 0.05) is 17.2 Å². The molecule has 20 heavy (non-hydrogen) atoms. The summed E-state index contributed by atoms with van der Waals surface area (Å²) in [5, 5.41) is 11.4. The summed E-state index contributed by atoms with van der Waals surface area (Å²) < 4.78 is 2.76. The fourth-order valence-electron chi connectivity index (χ4n) is 1.51. The fourth-order valence-corrected chi connectivity index (χ4v) is 2.50. The van der Waals surface area contributed by atoms with E-state index in [0.717, 1.165) is 10.2 Å². The maximum atomic E-state index is 11.8. The highest BCUT2D eigenvalue weighted by Crippen LogP contribution is 2.17. The number of benzene rings is 1. The van der Waals surface area contributed by atoms with Gasteiger partial charge in [-0.15, -0.1) is 10.2 Å². The van der Waals surface area contributed by atoms with E-state index in [1.165, 1.54) is 11.8 Å². The molecule has 0 fully saturated rings. The summed E-state index contributed by atoms with van der Waals surface area (Å²) in [6, 6.07) is 7.42. The Morgan fingerprint density at radius 1 is 1.40 bits per heavy atom. The molecule has 6 nitrogen and oxygen atoms in total. The highest BCUT2D eigenvalue weighted by molar-refractivity contribution is 9.10. The SMILES string of the molecule is Cn1c(CN)nnc1SCC(=O)Nc1ccc(Br)cc1. The van der Waals surface area contributed by atoms with E-state index >= 15 is 0 Å². The van der Waals surface area contributed by atoms with Gasteiger partial charge in [0.15, 0.2) is 5.16 Å². The number of carbonyl (C=O) groups excluding carboxylic acids is 1. The van der Waals surface area contributed by atoms with Gasteiger partial charge in [-0.3, -0.25) is 4.79 Å². The number of hydrogen-bond donors (Lipinski definition) is 2. The van der Waals surface area contributed by atoms with Gasteiger partial charge in [0.25, 0.3) is 0 Å². The molecule has 2 aromatic rings. The number of nitrogens with two attached hydrogens (primary N) is 1. The number of anilines is 1. The van der Waals surface area contributed by atoms with Gasteiger partial charge in [0.2, 0.25) is 5.91 Å². The molecule has 0 aliphatic heterocycles. The monoisotopic (exact) mass is 355 g/mol. The van der Waals surface area contributed by atoms with E-state index in [0.29, 0.717) is 17.5 Å². The van der Waals surface area contributed by atoms with Crippen molar-refractivity contribution in [3.05, 3.63) is 34.6 Å². The zero-order valence-corrected chi connectivity index (χ0v) is 13.2. The Morgan fingerprint density at radius 2 is 2.10 bits per heavy atom. The topological polar surface area (TPSA) is 85.8 Å². The first-order chi connectivity index (χ1) is 9.60. The van der Waals surface area contributed by atoms with Crippen molar-refractivity contribution in [2.75, 3.05) is 11.1 Å². The summed E-state index contributed by atoms with van der Waals surface area (Å²) in [7, 11) is 1.83. The largest absolute Gasteiger partial charge is 0.325 e. The summed E-state index contributed by atoms with van der Waals surface area (Å²) in [6.07, 6.45) is 0. The highest BCUT2D eigenvalue weighted by Gasteiger charge is 2.10. The van der Waals surface area contributed by atoms with Crippen LogP contribution in [-0.2, 0) is 18.4 Å². The van der Waals surface area contributed by atoms with Gasteiger partial charge < -0.3 is 15.6 Å². The molecule has 0 bridgehead atoms. The van der Waals surface area contributed by atoms with E-state index < -0.39 is 0 Å². The third-order valence-electron chi connectivity index (χ3n) is 2.57. The zero-order chi connectivity index (χ0) is 14.5. The molecule has 0 spiro atoms. The van der Waals surface area contributed by atoms with Crippen LogP contribution in [0.3, 0.4) is 0 Å². The Hall–Kier alpha value is -1.38. The zero-order valence-electron chi connectivity index (χ0n) is 10.8. The lowest BCUT2D eigenvalue weighted by molar-refractivity contribution is -0.113. The maximum absolute atomic E-state index is 11.8. The Labute approximate surface area is 129 Å². The number of aromatic nitrogens is 3. The Morgan fingerprint density at radius 3 is 2.70 bits per heavy atom. The molecule has 0 radical (unpaired) electrons. The molecule has 1 heterocycles. The number of hydrogen-bond acceptors (Lipinski definition) is 5. The van der Waals surface area contributed by atoms with Crippen molar-refractivity contribution < 1.29 is 4.79 Å². The van der Waals surface area contributed by atoms with E-state index in [-0.39, 0.29) is 11.7 Å². The third kappa shape index (κ3) is 3.81. The molecule has 0 aliphatic rings. The fraction of sp³-hybridized carbons (Fsp3) is 0.250. The molecule has 106 valence electrons. The minimum absolute atomic E-state index is 0.0883. The van der Waals surface area contributed by atoms with Gasteiger partial charge in [-0.25, -0.2) is 0 Å². The lowest BCUT2D eigenvalue weighted by Crippen LogP contribution is -2.14. The lowest BCUT2D eigenvalue weighted by atomic mass is 10.3. The van der Waals surface area contributed by atoms with E-state index in [2.05, 4.69) is 31.4 Å². The Kier molecular flexibility index (Phi) is 5.16. The van der Waals surface area contributed by atoms with Crippen molar-refractivity contribution in [3.63, 3.8) is 0 Å². The van der Waals surface area contributed by atoms with Crippen LogP contribution >= 0.6 is 27.7 Å². The molecule has 1 aromatic carbocycles. The van der Waals surface area contributed by atoms with Crippen LogP contribution in [0.2, 0.25) is 0 Å². The number of amides is 1. The molecule has 0 atom stereocenters. The lowest BCUT2D eigenvalue weighted by Gasteiger charge is -2.05. The minimum atomic E-state index is -0.0883. The highest BCUT2D eigenvalue weighted by atomic mass is 79.9. The van der Waals surface area contributed by atoms with Crippen LogP contribution in [0.1, 0.15) is 5.82 Å². The number of nitrogens with one attached hydrogen (secondary N) is 1. The second kappa shape index (κ2) is 6.87. The first-order valence-electron chi connectivity index (χ1n) is 5.86. The van der Waals surface area contributed by atoms with Crippen LogP contribution in [-0.4, -0.2) is 26.4 Å². The van der Waals surface area contributed by atoms with Crippen molar-refractivity contribution >= 4 is 39.3 Å². The number of rotatable bonds is 5. The van der Waals surface area contributed by atoms with Gasteiger partial charge in [-0.1, -0.05) is 27.7 Å². The van der Waals surface area contributed by atoms with Gasteiger partial charge in [-0.2, -0.15) is 0 Å². The van der Waals surface area contributed by atoms with Gasteiger partial charge >= 0.3 is 0 Å². The summed E-state index contributed by atoms with van der Waals surface area (Å²) in [6.45, 7) is 0.329. The normalized spacial score (nSPS) is 10.6. The second-order valence-corrected chi connectivity index (χ2v) is 5.86. The summed E-state index contributed by atoms with van der Waals surface area (Å²) >= 11 is 4.67. The first kappa shape index (κ1) is 15.0. The summed E-state index contributed by atoms with van der Waals surface area (Å²) in [5.41, 5.74) is 6.28. The van der Waals surface area contributed by atoms with Crippen LogP contribution in [0.4, 0.5) is 5.69 Å². The van der Waals surface area contributed by atoms with Gasteiger partial charge in [0.05, 0.1) is 12.3 Å². The van der Waals surface area contributed by atoms with Gasteiger partial charge in [-0.05, 0) is 24.3 Å². The average Bonchev–Trinajstić information content (AvgIpc) is 2.79. The quantitative estimate of drug-likeness (QED) is 0.798. The van der Waals surface area contributed by atoms with E-state index in [1.54, 1.807) is 4.57 Å². The molecule has 0 aliphatic carbocycles. The predicted molar refractivity (Wildman–Crippen MR) is 82.4 cm³/mol. The van der Waals surface area contributed by atoms with Crippen LogP contribution in [0.15, 0.2) is 33.9 Å². The third-order valence-corrected chi connectivity index (χ3v) is 4.12. The molecule has 3 N–H and O–H groups in total. The number of thioether (sulfide) groups is 1. The standard InChI is InChI=1S/C12H14BrN5OS/c1-18-10(6-14)16-17-12(18)20-7-11(19)15-9-4-2-8(13)3-5-9/h2-5H,6-7,14H2,1H3,(H,15,19). The molecule has 8 heteroatoms. The molecular weight excluding hydrogens is 342 g/mol. The molecular formula is C12H14BrN5OS. The molecule has 2 rings (SSSR count).